The van der Waals surface area contributed by atoms with Crippen LogP contribution in [-0.2, 0) is 10.0 Å². The Morgan fingerprint density at radius 1 is 0.947 bits per heavy atom. The highest BCUT2D eigenvalue weighted by Gasteiger charge is 2.17. The average molecular weight is 621 g/mol. The number of rotatable bonds is 12. The molecule has 0 heterocycles. The van der Waals surface area contributed by atoms with Crippen molar-refractivity contribution in [1.82, 2.24) is 5.32 Å². The number of nitrogens with one attached hydrogen (secondary N) is 3. The quantitative estimate of drug-likeness (QED) is 0.160. The standard InChI is InChI=1S/C27H30BrN3O5S2/c1-3-4-5-6-17-36-25-16-7-19(28)18-24(25)26(32)30-27(37)29-20-10-14-23(15-11-20)38(33,34)31-21-8-12-22(35-2)13-9-21/h7-16,18,31H,3-6,17H2,1-2H3,(H2,29,30,32,37). The molecule has 0 fully saturated rings. The van der Waals surface area contributed by atoms with Crippen LogP contribution in [0.4, 0.5) is 11.4 Å². The number of ether oxygens (including phenoxy) is 2. The largest absolute Gasteiger partial charge is 0.497 e. The fourth-order valence-corrected chi connectivity index (χ4v) is 5.07. The minimum atomic E-state index is -3.79. The number of benzene rings is 3. The predicted octanol–water partition coefficient (Wildman–Crippen LogP) is 6.34. The normalized spacial score (nSPS) is 10.9. The number of halogens is 1. The van der Waals surface area contributed by atoms with E-state index in [1.165, 1.54) is 19.2 Å². The van der Waals surface area contributed by atoms with Crippen LogP contribution in [0, 0.1) is 0 Å². The first kappa shape index (κ1) is 29.4. The van der Waals surface area contributed by atoms with Gasteiger partial charge < -0.3 is 14.8 Å². The Hall–Kier alpha value is -3.15. The highest BCUT2D eigenvalue weighted by molar-refractivity contribution is 9.10. The number of carbonyl (C=O) groups is 1. The van der Waals surface area contributed by atoms with Gasteiger partial charge >= 0.3 is 0 Å². The highest BCUT2D eigenvalue weighted by atomic mass is 79.9. The number of methoxy groups -OCH3 is 1. The van der Waals surface area contributed by atoms with Gasteiger partial charge in [-0.05, 0) is 85.4 Å². The molecule has 3 aromatic carbocycles. The molecular formula is C27H30BrN3O5S2. The Bertz CT molecular complexity index is 1350. The summed E-state index contributed by atoms with van der Waals surface area (Å²) < 4.78 is 39.6. The Morgan fingerprint density at radius 2 is 1.63 bits per heavy atom. The first-order valence-electron chi connectivity index (χ1n) is 12.0. The third kappa shape index (κ3) is 8.71. The van der Waals surface area contributed by atoms with Gasteiger partial charge in [-0.25, -0.2) is 8.42 Å². The Balaban J connectivity index is 1.59. The van der Waals surface area contributed by atoms with Crippen molar-refractivity contribution < 1.29 is 22.7 Å². The number of thiocarbonyl (C=S) groups is 1. The number of anilines is 2. The molecule has 0 aliphatic heterocycles. The summed E-state index contributed by atoms with van der Waals surface area (Å²) >= 11 is 8.69. The van der Waals surface area contributed by atoms with Crippen molar-refractivity contribution >= 4 is 60.6 Å². The van der Waals surface area contributed by atoms with Gasteiger partial charge in [-0.1, -0.05) is 42.1 Å². The van der Waals surface area contributed by atoms with E-state index in [1.807, 2.05) is 6.07 Å². The molecular weight excluding hydrogens is 590 g/mol. The molecule has 0 saturated heterocycles. The summed E-state index contributed by atoms with van der Waals surface area (Å²) in [6, 6.07) is 17.8. The fraction of sp³-hybridized carbons (Fsp3) is 0.259. The zero-order chi connectivity index (χ0) is 27.5. The van der Waals surface area contributed by atoms with Crippen LogP contribution in [0.1, 0.15) is 43.0 Å². The smallest absolute Gasteiger partial charge is 0.261 e. The van der Waals surface area contributed by atoms with Crippen molar-refractivity contribution in [3.05, 3.63) is 76.8 Å². The van der Waals surface area contributed by atoms with Gasteiger partial charge in [-0.2, -0.15) is 0 Å². The Kier molecular flexibility index (Phi) is 10.9. The zero-order valence-corrected chi connectivity index (χ0v) is 24.3. The molecule has 0 spiro atoms. The lowest BCUT2D eigenvalue weighted by molar-refractivity contribution is 0.0973. The van der Waals surface area contributed by atoms with Crippen LogP contribution >= 0.6 is 28.1 Å². The summed E-state index contributed by atoms with van der Waals surface area (Å²) in [6.45, 7) is 2.67. The van der Waals surface area contributed by atoms with E-state index in [-0.39, 0.29) is 10.0 Å². The third-order valence-corrected chi connectivity index (χ3v) is 7.53. The molecule has 0 radical (unpaired) electrons. The summed E-state index contributed by atoms with van der Waals surface area (Å²) in [5.41, 5.74) is 1.28. The summed E-state index contributed by atoms with van der Waals surface area (Å²) in [5.74, 6) is 0.677. The third-order valence-electron chi connectivity index (χ3n) is 5.43. The molecule has 3 N–H and O–H groups in total. The molecule has 8 nitrogen and oxygen atoms in total. The van der Waals surface area contributed by atoms with Crippen molar-refractivity contribution in [3.63, 3.8) is 0 Å². The van der Waals surface area contributed by atoms with Gasteiger partial charge in [-0.3, -0.25) is 14.8 Å². The summed E-state index contributed by atoms with van der Waals surface area (Å²) in [5, 5.41) is 5.62. The highest BCUT2D eigenvalue weighted by Crippen LogP contribution is 2.24. The lowest BCUT2D eigenvalue weighted by Gasteiger charge is -2.14. The van der Waals surface area contributed by atoms with Crippen molar-refractivity contribution in [2.24, 2.45) is 0 Å². The Labute approximate surface area is 237 Å². The Morgan fingerprint density at radius 3 is 2.29 bits per heavy atom. The molecule has 0 atom stereocenters. The van der Waals surface area contributed by atoms with E-state index in [4.69, 9.17) is 21.7 Å². The SMILES string of the molecule is CCCCCCOc1ccc(Br)cc1C(=O)NC(=S)Nc1ccc(S(=O)(=O)Nc2ccc(OC)cc2)cc1. The fourth-order valence-electron chi connectivity index (χ4n) is 3.44. The molecule has 1 amide bonds. The van der Waals surface area contributed by atoms with E-state index in [9.17, 15) is 13.2 Å². The molecule has 0 saturated carbocycles. The van der Waals surface area contributed by atoms with E-state index in [2.05, 4.69) is 38.2 Å². The van der Waals surface area contributed by atoms with Crippen molar-refractivity contribution in [1.29, 1.82) is 0 Å². The lowest BCUT2D eigenvalue weighted by Crippen LogP contribution is -2.34. The maximum Gasteiger partial charge on any atom is 0.261 e. The predicted molar refractivity (Wildman–Crippen MR) is 158 cm³/mol. The molecule has 0 aliphatic carbocycles. The molecule has 38 heavy (non-hydrogen) atoms. The first-order chi connectivity index (χ1) is 18.2. The average Bonchev–Trinajstić information content (AvgIpc) is 2.89. The molecule has 0 aliphatic rings. The van der Waals surface area contributed by atoms with Gasteiger partial charge in [0.2, 0.25) is 0 Å². The zero-order valence-electron chi connectivity index (χ0n) is 21.1. The number of carbonyl (C=O) groups excluding carboxylic acids is 1. The number of hydrogen-bond donors (Lipinski definition) is 3. The van der Waals surface area contributed by atoms with Gasteiger partial charge in [0, 0.05) is 15.8 Å². The van der Waals surface area contributed by atoms with Crippen LogP contribution < -0.4 is 24.8 Å². The van der Waals surface area contributed by atoms with E-state index < -0.39 is 15.9 Å². The van der Waals surface area contributed by atoms with E-state index in [0.29, 0.717) is 35.0 Å². The van der Waals surface area contributed by atoms with Crippen molar-refractivity contribution in [2.45, 2.75) is 37.5 Å². The maximum atomic E-state index is 12.9. The lowest BCUT2D eigenvalue weighted by atomic mass is 10.2. The van der Waals surface area contributed by atoms with Crippen molar-refractivity contribution in [2.75, 3.05) is 23.8 Å². The second kappa shape index (κ2) is 14.1. The van der Waals surface area contributed by atoms with E-state index in [1.54, 1.807) is 48.5 Å². The molecule has 0 bridgehead atoms. The maximum absolute atomic E-state index is 12.9. The van der Waals surface area contributed by atoms with Gasteiger partial charge in [0.15, 0.2) is 5.11 Å². The van der Waals surface area contributed by atoms with Crippen molar-refractivity contribution in [3.8, 4) is 11.5 Å². The van der Waals surface area contributed by atoms with Gasteiger partial charge in [0.25, 0.3) is 15.9 Å². The number of hydrogen-bond acceptors (Lipinski definition) is 6. The van der Waals surface area contributed by atoms with Crippen LogP contribution in [-0.4, -0.2) is 33.2 Å². The van der Waals surface area contributed by atoms with Gasteiger partial charge in [0.1, 0.15) is 11.5 Å². The van der Waals surface area contributed by atoms with Crippen LogP contribution in [0.15, 0.2) is 76.1 Å². The minimum absolute atomic E-state index is 0.0656. The topological polar surface area (TPSA) is 106 Å². The first-order valence-corrected chi connectivity index (χ1v) is 14.7. The molecule has 3 aromatic rings. The van der Waals surface area contributed by atoms with E-state index >= 15 is 0 Å². The minimum Gasteiger partial charge on any atom is -0.497 e. The molecule has 0 aromatic heterocycles. The molecule has 0 unspecified atom stereocenters. The second-order valence-electron chi connectivity index (χ2n) is 8.32. The molecule has 202 valence electrons. The van der Waals surface area contributed by atoms with Crippen LogP contribution in [0.5, 0.6) is 11.5 Å². The monoisotopic (exact) mass is 619 g/mol. The van der Waals surface area contributed by atoms with Gasteiger partial charge in [-0.15, -0.1) is 0 Å². The van der Waals surface area contributed by atoms with Gasteiger partial charge in [0.05, 0.1) is 24.2 Å². The summed E-state index contributed by atoms with van der Waals surface area (Å²) in [7, 11) is -2.26. The van der Waals surface area contributed by atoms with Crippen LogP contribution in [0.3, 0.4) is 0 Å². The second-order valence-corrected chi connectivity index (χ2v) is 11.3. The summed E-state index contributed by atoms with van der Waals surface area (Å²) in [6.07, 6.45) is 4.26. The number of amides is 1. The molecule has 11 heteroatoms. The summed E-state index contributed by atoms with van der Waals surface area (Å²) in [4.78, 5) is 13.0. The number of unbranched alkanes of at least 4 members (excludes halogenated alkanes) is 3. The van der Waals surface area contributed by atoms with Crippen LogP contribution in [0.2, 0.25) is 0 Å². The van der Waals surface area contributed by atoms with E-state index in [0.717, 1.165) is 30.2 Å². The number of sulfonamides is 1. The van der Waals surface area contributed by atoms with Crippen LogP contribution in [0.25, 0.3) is 0 Å². The molecule has 3 rings (SSSR count).